The Balaban J connectivity index is 2.02. The number of hydrogen-bond donors (Lipinski definition) is 0. The van der Waals surface area contributed by atoms with Crippen LogP contribution >= 0.6 is 0 Å². The zero-order valence-corrected chi connectivity index (χ0v) is 4.93. The maximum Gasteiger partial charge on any atom is -0.0201 e. The van der Waals surface area contributed by atoms with Crippen molar-refractivity contribution in [3.8, 4) is 0 Å². The summed E-state index contributed by atoms with van der Waals surface area (Å²) < 4.78 is 0. The van der Waals surface area contributed by atoms with Gasteiger partial charge in [-0.05, 0) is 48.3 Å². The minimum absolute atomic E-state index is 1.06. The highest BCUT2D eigenvalue weighted by atomic mass is 14.9. The van der Waals surface area contributed by atoms with Gasteiger partial charge in [-0.2, -0.15) is 0 Å². The summed E-state index contributed by atoms with van der Waals surface area (Å²) in [6, 6.07) is 0. The third kappa shape index (κ3) is 0.104. The Kier molecular flexibility index (Phi) is 0.231. The Morgan fingerprint density at radius 1 is 1.25 bits per heavy atom. The summed E-state index contributed by atoms with van der Waals surface area (Å²) in [4.78, 5) is 0. The highest BCUT2D eigenvalue weighted by molar-refractivity contribution is 5.37. The number of fused-ring (bicyclic) bond motifs is 1. The van der Waals surface area contributed by atoms with Crippen LogP contribution in [-0.4, -0.2) is 0 Å². The molecule has 0 aromatic carbocycles. The maximum absolute atomic E-state index is 1.65. The molecule has 0 nitrogen and oxygen atoms in total. The van der Waals surface area contributed by atoms with Crippen LogP contribution in [0.4, 0.5) is 0 Å². The van der Waals surface area contributed by atoms with Gasteiger partial charge in [0.15, 0.2) is 0 Å². The van der Waals surface area contributed by atoms with Gasteiger partial charge in [-0.25, -0.2) is 0 Å². The molecule has 8 heavy (non-hydrogen) atoms. The van der Waals surface area contributed by atoms with Crippen LogP contribution in [0.25, 0.3) is 0 Å². The van der Waals surface area contributed by atoms with Gasteiger partial charge < -0.3 is 0 Å². The summed E-state index contributed by atoms with van der Waals surface area (Å²) in [5.41, 5.74) is 1.06. The molecule has 0 saturated heterocycles. The average molecular weight is 106 g/mol. The quantitative estimate of drug-likeness (QED) is 0.440. The molecule has 0 amide bonds. The number of hydrogen-bond acceptors (Lipinski definition) is 0. The van der Waals surface area contributed by atoms with Gasteiger partial charge >= 0.3 is 0 Å². The molecule has 0 aromatic rings. The van der Waals surface area contributed by atoms with E-state index in [0.717, 1.165) is 5.41 Å². The van der Waals surface area contributed by atoms with E-state index in [9.17, 15) is 0 Å². The van der Waals surface area contributed by atoms with Crippen molar-refractivity contribution in [1.82, 2.24) is 0 Å². The zero-order valence-electron chi connectivity index (χ0n) is 4.93. The molecule has 0 N–H and O–H groups in total. The third-order valence-corrected chi connectivity index (χ3v) is 4.72. The molecular weight excluding hydrogens is 96.1 g/mol. The van der Waals surface area contributed by atoms with Crippen molar-refractivity contribution in [3.63, 3.8) is 0 Å². The van der Waals surface area contributed by atoms with Gasteiger partial charge in [-0.1, -0.05) is 0 Å². The molecule has 5 unspecified atom stereocenters. The van der Waals surface area contributed by atoms with E-state index < -0.39 is 0 Å². The molecule has 4 saturated carbocycles. The van der Waals surface area contributed by atoms with E-state index >= 15 is 0 Å². The first-order valence-electron chi connectivity index (χ1n) is 3.94. The van der Waals surface area contributed by atoms with Gasteiger partial charge in [0.1, 0.15) is 0 Å². The lowest BCUT2D eigenvalue weighted by molar-refractivity contribution is -0.0249. The summed E-state index contributed by atoms with van der Waals surface area (Å²) in [7, 11) is 0. The van der Waals surface area contributed by atoms with Gasteiger partial charge in [0.25, 0.3) is 0 Å². The predicted molar refractivity (Wildman–Crippen MR) is 30.2 cm³/mol. The van der Waals surface area contributed by atoms with Gasteiger partial charge in [0, 0.05) is 0 Å². The summed E-state index contributed by atoms with van der Waals surface area (Å²) >= 11 is 0. The molecule has 4 rings (SSSR count). The van der Waals surface area contributed by atoms with Crippen LogP contribution in [0.5, 0.6) is 0 Å². The second-order valence-electron chi connectivity index (χ2n) is 4.29. The Morgan fingerprint density at radius 3 is 2.50 bits per heavy atom. The lowest BCUT2D eigenvalue weighted by Crippen LogP contribution is -2.44. The van der Waals surface area contributed by atoms with Crippen molar-refractivity contribution < 1.29 is 0 Å². The molecule has 5 atom stereocenters. The monoisotopic (exact) mass is 106 g/mol. The molecule has 0 aromatic heterocycles. The van der Waals surface area contributed by atoms with Crippen LogP contribution < -0.4 is 0 Å². The summed E-state index contributed by atoms with van der Waals surface area (Å²) in [5.74, 6) is 5.14. The first-order valence-corrected chi connectivity index (χ1v) is 3.94. The molecule has 42 valence electrons. The van der Waals surface area contributed by atoms with Gasteiger partial charge in [0.2, 0.25) is 0 Å². The molecule has 4 aliphatic rings. The first kappa shape index (κ1) is 3.24. The van der Waals surface area contributed by atoms with Gasteiger partial charge in [-0.3, -0.25) is 0 Å². The SMILES string of the molecule is C1CC23C1C1CC2C13. The van der Waals surface area contributed by atoms with Crippen LogP contribution in [0.1, 0.15) is 19.3 Å². The lowest BCUT2D eigenvalue weighted by Gasteiger charge is -2.51. The molecular formula is C8H10. The van der Waals surface area contributed by atoms with Crippen molar-refractivity contribution in [2.75, 3.05) is 0 Å². The van der Waals surface area contributed by atoms with Crippen molar-refractivity contribution in [3.05, 3.63) is 0 Å². The van der Waals surface area contributed by atoms with E-state index in [1.165, 1.54) is 23.7 Å². The standard InChI is InChI=1S/C8H10/c1-2-8-5(1)4-3-6(8)7(4)8/h4-7H,1-3H2. The largest absolute Gasteiger partial charge is 0.0491 e. The third-order valence-electron chi connectivity index (χ3n) is 4.72. The topological polar surface area (TPSA) is 0 Å². The Labute approximate surface area is 49.3 Å². The van der Waals surface area contributed by atoms with E-state index in [1.807, 2.05) is 0 Å². The van der Waals surface area contributed by atoms with Gasteiger partial charge in [-0.15, -0.1) is 0 Å². The van der Waals surface area contributed by atoms with Crippen LogP contribution in [-0.2, 0) is 0 Å². The predicted octanol–water partition coefficient (Wildman–Crippen LogP) is 1.66. The van der Waals surface area contributed by atoms with E-state index in [-0.39, 0.29) is 0 Å². The molecule has 0 heterocycles. The van der Waals surface area contributed by atoms with E-state index in [0.29, 0.717) is 0 Å². The molecule has 1 spiro atoms. The Morgan fingerprint density at radius 2 is 2.25 bits per heavy atom. The Hall–Kier alpha value is 0. The second-order valence-corrected chi connectivity index (χ2v) is 4.29. The second kappa shape index (κ2) is 0.571. The van der Waals surface area contributed by atoms with Crippen LogP contribution in [0.15, 0.2) is 0 Å². The fraction of sp³-hybridized carbons (Fsp3) is 1.00. The molecule has 4 aliphatic carbocycles. The first-order chi connectivity index (χ1) is 3.94. The van der Waals surface area contributed by atoms with Crippen molar-refractivity contribution in [2.24, 2.45) is 29.1 Å². The van der Waals surface area contributed by atoms with Crippen LogP contribution in [0.3, 0.4) is 0 Å². The maximum atomic E-state index is 1.65. The lowest BCUT2D eigenvalue weighted by atomic mass is 9.54. The van der Waals surface area contributed by atoms with Crippen molar-refractivity contribution in [2.45, 2.75) is 19.3 Å². The van der Waals surface area contributed by atoms with Gasteiger partial charge in [0.05, 0.1) is 0 Å². The smallest absolute Gasteiger partial charge is 0.0201 e. The summed E-state index contributed by atoms with van der Waals surface area (Å²) in [6.07, 6.45) is 4.89. The Bertz CT molecular complexity index is 174. The zero-order chi connectivity index (χ0) is 4.93. The summed E-state index contributed by atoms with van der Waals surface area (Å²) in [5, 5.41) is 0. The number of rotatable bonds is 0. The van der Waals surface area contributed by atoms with E-state index in [4.69, 9.17) is 0 Å². The molecule has 0 radical (unpaired) electrons. The molecule has 4 fully saturated rings. The van der Waals surface area contributed by atoms with Crippen LogP contribution in [0.2, 0.25) is 0 Å². The van der Waals surface area contributed by atoms with Crippen molar-refractivity contribution >= 4 is 0 Å². The molecule has 0 heteroatoms. The minimum atomic E-state index is 1.06. The molecule has 0 bridgehead atoms. The average Bonchev–Trinajstić information content (AvgIpc) is 2.13. The highest BCUT2D eigenvalue weighted by Crippen LogP contribution is 2.95. The highest BCUT2D eigenvalue weighted by Gasteiger charge is 2.89. The van der Waals surface area contributed by atoms with Crippen LogP contribution in [0, 0.1) is 29.1 Å². The van der Waals surface area contributed by atoms with E-state index in [2.05, 4.69) is 0 Å². The minimum Gasteiger partial charge on any atom is -0.0491 e. The summed E-state index contributed by atoms with van der Waals surface area (Å²) in [6.45, 7) is 0. The molecule has 0 aliphatic heterocycles. The van der Waals surface area contributed by atoms with E-state index in [1.54, 1.807) is 19.3 Å². The normalized spacial score (nSPS) is 87.0. The van der Waals surface area contributed by atoms with Crippen molar-refractivity contribution in [1.29, 1.82) is 0 Å². The fourth-order valence-corrected chi connectivity index (χ4v) is 4.31. The fourth-order valence-electron chi connectivity index (χ4n) is 4.31.